The Morgan fingerprint density at radius 2 is 1.56 bits per heavy atom. The molecule has 0 aromatic carbocycles. The second kappa shape index (κ2) is 7.40. The molecule has 2 N–H and O–H groups in total. The van der Waals surface area contributed by atoms with Gasteiger partial charge in [0.15, 0.2) is 0 Å². The van der Waals surface area contributed by atoms with Gasteiger partial charge in [-0.3, -0.25) is 0 Å². The Hall–Kier alpha value is -0.210. The molecule has 0 aliphatic heterocycles. The minimum Gasteiger partial charge on any atom is -0.395 e. The van der Waals surface area contributed by atoms with Crippen LogP contribution in [0.4, 0.5) is 0 Å². The third kappa shape index (κ3) is 3.89. The second-order valence-corrected chi connectivity index (χ2v) is 6.65. The first-order chi connectivity index (χ1) is 8.54. The SMILES string of the molecule is CN(C1CCCCC1)S(=O)(=O)N(CCO)CCO. The smallest absolute Gasteiger partial charge is 0.282 e. The van der Waals surface area contributed by atoms with E-state index in [2.05, 4.69) is 0 Å². The fraction of sp³-hybridized carbons (Fsp3) is 1.00. The lowest BCUT2D eigenvalue weighted by Gasteiger charge is -2.34. The summed E-state index contributed by atoms with van der Waals surface area (Å²) in [5.74, 6) is 0. The summed E-state index contributed by atoms with van der Waals surface area (Å²) in [7, 11) is -1.99. The fourth-order valence-electron chi connectivity index (χ4n) is 2.38. The minimum absolute atomic E-state index is 0.0277. The van der Waals surface area contributed by atoms with Crippen molar-refractivity contribution in [1.82, 2.24) is 8.61 Å². The van der Waals surface area contributed by atoms with E-state index < -0.39 is 10.2 Å². The van der Waals surface area contributed by atoms with Gasteiger partial charge in [-0.05, 0) is 12.8 Å². The van der Waals surface area contributed by atoms with Crippen LogP contribution in [0.5, 0.6) is 0 Å². The van der Waals surface area contributed by atoms with Crippen LogP contribution in [0.3, 0.4) is 0 Å². The summed E-state index contributed by atoms with van der Waals surface area (Å²) in [6, 6.07) is 0.0450. The Bertz CT molecular complexity index is 322. The summed E-state index contributed by atoms with van der Waals surface area (Å²) in [6.45, 7) is -0.421. The number of rotatable bonds is 7. The molecule has 1 aliphatic carbocycles. The third-order valence-electron chi connectivity index (χ3n) is 3.48. The molecule has 0 amide bonds. The van der Waals surface area contributed by atoms with E-state index in [1.165, 1.54) is 10.7 Å². The Morgan fingerprint density at radius 1 is 1.06 bits per heavy atom. The van der Waals surface area contributed by atoms with Gasteiger partial charge in [-0.2, -0.15) is 17.0 Å². The molecule has 7 heteroatoms. The topological polar surface area (TPSA) is 81.1 Å². The van der Waals surface area contributed by atoms with E-state index in [1.54, 1.807) is 7.05 Å². The van der Waals surface area contributed by atoms with Crippen molar-refractivity contribution in [3.63, 3.8) is 0 Å². The minimum atomic E-state index is -3.58. The largest absolute Gasteiger partial charge is 0.395 e. The van der Waals surface area contributed by atoms with Gasteiger partial charge in [0, 0.05) is 26.2 Å². The highest BCUT2D eigenvalue weighted by atomic mass is 32.2. The van der Waals surface area contributed by atoms with Gasteiger partial charge in [0.05, 0.1) is 13.2 Å². The van der Waals surface area contributed by atoms with Crippen molar-refractivity contribution in [2.24, 2.45) is 0 Å². The first-order valence-corrected chi connectivity index (χ1v) is 7.88. The maximum atomic E-state index is 12.3. The van der Waals surface area contributed by atoms with Gasteiger partial charge >= 0.3 is 0 Å². The maximum Gasteiger partial charge on any atom is 0.282 e. The molecular formula is C11H24N2O4S. The number of nitrogens with zero attached hydrogens (tertiary/aromatic N) is 2. The monoisotopic (exact) mass is 280 g/mol. The normalized spacial score (nSPS) is 18.7. The van der Waals surface area contributed by atoms with E-state index >= 15 is 0 Å². The molecule has 0 radical (unpaired) electrons. The molecule has 1 saturated carbocycles. The van der Waals surface area contributed by atoms with Crippen LogP contribution in [0.2, 0.25) is 0 Å². The lowest BCUT2D eigenvalue weighted by atomic mass is 9.96. The second-order valence-electron chi connectivity index (χ2n) is 4.66. The fourth-order valence-corrected chi connectivity index (χ4v) is 3.96. The van der Waals surface area contributed by atoms with Crippen molar-refractivity contribution in [2.45, 2.75) is 38.1 Å². The zero-order chi connectivity index (χ0) is 13.6. The highest BCUT2D eigenvalue weighted by Crippen LogP contribution is 2.24. The molecule has 0 bridgehead atoms. The summed E-state index contributed by atoms with van der Waals surface area (Å²) in [6.07, 6.45) is 5.07. The molecule has 1 aliphatic rings. The molecule has 1 fully saturated rings. The molecule has 0 aromatic heterocycles. The predicted octanol–water partition coefficient (Wildman–Crippen LogP) is -0.218. The van der Waals surface area contributed by atoms with E-state index in [-0.39, 0.29) is 32.3 Å². The number of aliphatic hydroxyl groups excluding tert-OH is 2. The predicted molar refractivity (Wildman–Crippen MR) is 69.3 cm³/mol. The molecule has 0 unspecified atom stereocenters. The molecular weight excluding hydrogens is 256 g/mol. The van der Waals surface area contributed by atoms with Crippen LogP contribution < -0.4 is 0 Å². The standard InChI is InChI=1S/C11H24N2O4S/c1-12(11-5-3-2-4-6-11)18(16,17)13(7-9-14)8-10-15/h11,14-15H,2-10H2,1H3. The van der Waals surface area contributed by atoms with Crippen molar-refractivity contribution in [2.75, 3.05) is 33.4 Å². The number of hydrogen-bond donors (Lipinski definition) is 2. The average Bonchev–Trinajstić information content (AvgIpc) is 2.38. The molecule has 18 heavy (non-hydrogen) atoms. The van der Waals surface area contributed by atoms with E-state index in [0.717, 1.165) is 30.0 Å². The van der Waals surface area contributed by atoms with Gasteiger partial charge in [-0.25, -0.2) is 0 Å². The first kappa shape index (κ1) is 15.8. The maximum absolute atomic E-state index is 12.3. The van der Waals surface area contributed by atoms with E-state index in [4.69, 9.17) is 10.2 Å². The summed E-state index contributed by atoms with van der Waals surface area (Å²) in [5.41, 5.74) is 0. The molecule has 0 aromatic rings. The lowest BCUT2D eigenvalue weighted by Crippen LogP contribution is -2.48. The van der Waals surface area contributed by atoms with Crippen LogP contribution in [0, 0.1) is 0 Å². The number of hydrogen-bond acceptors (Lipinski definition) is 4. The van der Waals surface area contributed by atoms with Crippen LogP contribution in [0.25, 0.3) is 0 Å². The highest BCUT2D eigenvalue weighted by molar-refractivity contribution is 7.86. The Morgan fingerprint density at radius 3 is 2.00 bits per heavy atom. The summed E-state index contributed by atoms with van der Waals surface area (Å²) >= 11 is 0. The van der Waals surface area contributed by atoms with Crippen LogP contribution in [0.1, 0.15) is 32.1 Å². The van der Waals surface area contributed by atoms with Gasteiger partial charge in [-0.15, -0.1) is 0 Å². The molecule has 6 nitrogen and oxygen atoms in total. The molecule has 0 saturated heterocycles. The molecule has 0 atom stereocenters. The Labute approximate surface area is 109 Å². The molecule has 108 valence electrons. The zero-order valence-corrected chi connectivity index (χ0v) is 11.8. The van der Waals surface area contributed by atoms with Crippen LogP contribution in [-0.2, 0) is 10.2 Å². The van der Waals surface area contributed by atoms with Gasteiger partial charge < -0.3 is 10.2 Å². The van der Waals surface area contributed by atoms with E-state index in [0.29, 0.717) is 0 Å². The van der Waals surface area contributed by atoms with Crippen LogP contribution in [0.15, 0.2) is 0 Å². The van der Waals surface area contributed by atoms with Gasteiger partial charge in [0.2, 0.25) is 0 Å². The van der Waals surface area contributed by atoms with E-state index in [9.17, 15) is 8.42 Å². The van der Waals surface area contributed by atoms with Crippen molar-refractivity contribution >= 4 is 10.2 Å². The van der Waals surface area contributed by atoms with Crippen molar-refractivity contribution in [3.8, 4) is 0 Å². The molecule has 0 heterocycles. The van der Waals surface area contributed by atoms with Gasteiger partial charge in [0.25, 0.3) is 10.2 Å². The summed E-state index contributed by atoms with van der Waals surface area (Å²) < 4.78 is 27.2. The molecule has 0 spiro atoms. The molecule has 1 rings (SSSR count). The van der Waals surface area contributed by atoms with Crippen molar-refractivity contribution in [3.05, 3.63) is 0 Å². The van der Waals surface area contributed by atoms with E-state index in [1.807, 2.05) is 0 Å². The van der Waals surface area contributed by atoms with Crippen molar-refractivity contribution < 1.29 is 18.6 Å². The Kier molecular flexibility index (Phi) is 6.51. The first-order valence-electron chi connectivity index (χ1n) is 6.49. The number of aliphatic hydroxyl groups is 2. The summed E-state index contributed by atoms with van der Waals surface area (Å²) in [4.78, 5) is 0. The van der Waals surface area contributed by atoms with Gasteiger partial charge in [-0.1, -0.05) is 19.3 Å². The van der Waals surface area contributed by atoms with Crippen LogP contribution >= 0.6 is 0 Å². The Balaban J connectivity index is 2.74. The zero-order valence-electron chi connectivity index (χ0n) is 11.0. The average molecular weight is 280 g/mol. The van der Waals surface area contributed by atoms with Gasteiger partial charge in [0.1, 0.15) is 0 Å². The third-order valence-corrected chi connectivity index (χ3v) is 5.52. The quantitative estimate of drug-likeness (QED) is 0.676. The highest BCUT2D eigenvalue weighted by Gasteiger charge is 2.32. The summed E-state index contributed by atoms with van der Waals surface area (Å²) in [5, 5.41) is 17.8. The van der Waals surface area contributed by atoms with Crippen LogP contribution in [-0.4, -0.2) is 66.6 Å². The van der Waals surface area contributed by atoms with Crippen molar-refractivity contribution in [1.29, 1.82) is 0 Å². The lowest BCUT2D eigenvalue weighted by molar-refractivity contribution is 0.201.